The van der Waals surface area contributed by atoms with E-state index >= 15 is 0 Å². The number of ether oxygens (including phenoxy) is 2. The number of morpholine rings is 1. The van der Waals surface area contributed by atoms with Gasteiger partial charge in [-0.15, -0.1) is 0 Å². The Morgan fingerprint density at radius 1 is 1.15 bits per heavy atom. The first kappa shape index (κ1) is 18.8. The van der Waals surface area contributed by atoms with Gasteiger partial charge in [0.05, 0.1) is 18.1 Å². The van der Waals surface area contributed by atoms with Crippen LogP contribution in [0.25, 0.3) is 0 Å². The molecule has 1 fully saturated rings. The molecule has 26 heavy (non-hydrogen) atoms. The first-order chi connectivity index (χ1) is 12.3. The van der Waals surface area contributed by atoms with Gasteiger partial charge in [-0.2, -0.15) is 9.29 Å². The number of hydrogen-bond donors (Lipinski definition) is 0. The second-order valence-electron chi connectivity index (χ2n) is 7.04. The summed E-state index contributed by atoms with van der Waals surface area (Å²) < 4.78 is 42.5. The molecule has 9 heteroatoms. The number of sulfonamides is 1. The molecule has 1 aliphatic heterocycles. The molecular formula is C17H23N3O5S. The molecule has 0 unspecified atom stereocenters. The second kappa shape index (κ2) is 7.34. The monoisotopic (exact) mass is 381 g/mol. The Bertz CT molecular complexity index is 834. The summed E-state index contributed by atoms with van der Waals surface area (Å²) in [5, 5.41) is 3.94. The van der Waals surface area contributed by atoms with Gasteiger partial charge in [-0.1, -0.05) is 25.9 Å². The molecule has 142 valence electrons. The van der Waals surface area contributed by atoms with Crippen LogP contribution in [-0.4, -0.2) is 49.2 Å². The quantitative estimate of drug-likeness (QED) is 0.781. The normalized spacial score (nSPS) is 16.6. The third kappa shape index (κ3) is 4.22. The number of nitrogens with zero attached hydrogens (tertiary/aromatic N) is 3. The van der Waals surface area contributed by atoms with Crippen LogP contribution in [0.15, 0.2) is 33.7 Å². The molecule has 0 amide bonds. The van der Waals surface area contributed by atoms with Gasteiger partial charge in [-0.3, -0.25) is 0 Å². The minimum atomic E-state index is -3.50. The van der Waals surface area contributed by atoms with Gasteiger partial charge in [-0.05, 0) is 24.3 Å². The molecule has 0 atom stereocenters. The van der Waals surface area contributed by atoms with Gasteiger partial charge >= 0.3 is 0 Å². The van der Waals surface area contributed by atoms with E-state index in [-0.39, 0.29) is 16.9 Å². The van der Waals surface area contributed by atoms with Crippen molar-refractivity contribution in [2.75, 3.05) is 26.3 Å². The zero-order valence-corrected chi connectivity index (χ0v) is 16.0. The molecule has 2 heterocycles. The summed E-state index contributed by atoms with van der Waals surface area (Å²) in [5.74, 6) is 1.52. The molecule has 2 aromatic rings. The van der Waals surface area contributed by atoms with Crippen molar-refractivity contribution >= 4 is 10.0 Å². The van der Waals surface area contributed by atoms with Crippen LogP contribution < -0.4 is 4.74 Å². The van der Waals surface area contributed by atoms with Crippen LogP contribution in [0.4, 0.5) is 0 Å². The topological polar surface area (TPSA) is 94.8 Å². The smallest absolute Gasteiger partial charge is 0.264 e. The second-order valence-corrected chi connectivity index (χ2v) is 8.98. The van der Waals surface area contributed by atoms with Gasteiger partial charge < -0.3 is 14.0 Å². The molecule has 0 aliphatic carbocycles. The zero-order valence-electron chi connectivity index (χ0n) is 15.1. The van der Waals surface area contributed by atoms with Crippen molar-refractivity contribution in [1.29, 1.82) is 0 Å². The van der Waals surface area contributed by atoms with E-state index in [4.69, 9.17) is 14.0 Å². The van der Waals surface area contributed by atoms with Crippen LogP contribution in [0.1, 0.15) is 32.5 Å². The molecule has 0 saturated carbocycles. The van der Waals surface area contributed by atoms with E-state index < -0.39 is 10.0 Å². The standard InChI is InChI=1S/C17H23N3O5S/c1-17(2,3)16-18-15(25-19-16)12-24-13-4-6-14(7-5-13)26(21,22)20-8-10-23-11-9-20/h4-7H,8-12H2,1-3H3. The van der Waals surface area contributed by atoms with Crippen molar-refractivity contribution in [3.05, 3.63) is 36.0 Å². The molecule has 0 N–H and O–H groups in total. The van der Waals surface area contributed by atoms with Crippen molar-refractivity contribution in [2.24, 2.45) is 0 Å². The zero-order chi connectivity index (χ0) is 18.8. The molecule has 1 aromatic heterocycles. The number of benzene rings is 1. The summed E-state index contributed by atoms with van der Waals surface area (Å²) in [6, 6.07) is 6.31. The third-order valence-electron chi connectivity index (χ3n) is 3.93. The molecular weight excluding hydrogens is 358 g/mol. The summed E-state index contributed by atoms with van der Waals surface area (Å²) >= 11 is 0. The Balaban J connectivity index is 1.63. The molecule has 0 spiro atoms. The molecule has 0 bridgehead atoms. The Morgan fingerprint density at radius 3 is 2.38 bits per heavy atom. The lowest BCUT2D eigenvalue weighted by molar-refractivity contribution is 0.0730. The van der Waals surface area contributed by atoms with E-state index in [1.165, 1.54) is 16.4 Å². The summed E-state index contributed by atoms with van der Waals surface area (Å²) in [6.07, 6.45) is 0. The maximum Gasteiger partial charge on any atom is 0.264 e. The van der Waals surface area contributed by atoms with Gasteiger partial charge in [0.15, 0.2) is 12.4 Å². The summed E-state index contributed by atoms with van der Waals surface area (Å²) in [5.41, 5.74) is -0.197. The lowest BCUT2D eigenvalue weighted by atomic mass is 9.96. The average Bonchev–Trinajstić information content (AvgIpc) is 3.10. The fourth-order valence-electron chi connectivity index (χ4n) is 2.41. The van der Waals surface area contributed by atoms with Crippen molar-refractivity contribution in [2.45, 2.75) is 37.7 Å². The van der Waals surface area contributed by atoms with E-state index in [1.807, 2.05) is 20.8 Å². The van der Waals surface area contributed by atoms with Crippen LogP contribution in [0.3, 0.4) is 0 Å². The Labute approximate surface area is 153 Å². The van der Waals surface area contributed by atoms with Crippen LogP contribution >= 0.6 is 0 Å². The third-order valence-corrected chi connectivity index (χ3v) is 5.85. The maximum atomic E-state index is 12.6. The minimum Gasteiger partial charge on any atom is -0.484 e. The van der Waals surface area contributed by atoms with Crippen molar-refractivity contribution in [3.8, 4) is 5.75 Å². The van der Waals surface area contributed by atoms with Crippen LogP contribution in [0.5, 0.6) is 5.75 Å². The van der Waals surface area contributed by atoms with Gasteiger partial charge in [0.1, 0.15) is 5.75 Å². The molecule has 1 saturated heterocycles. The first-order valence-corrected chi connectivity index (χ1v) is 9.85. The highest BCUT2D eigenvalue weighted by Crippen LogP contribution is 2.22. The number of aromatic nitrogens is 2. The predicted octanol–water partition coefficient (Wildman–Crippen LogP) is 1.97. The highest BCUT2D eigenvalue weighted by atomic mass is 32.2. The first-order valence-electron chi connectivity index (χ1n) is 8.41. The average molecular weight is 381 g/mol. The highest BCUT2D eigenvalue weighted by Gasteiger charge is 2.26. The summed E-state index contributed by atoms with van der Waals surface area (Å²) in [7, 11) is -3.50. The number of rotatable bonds is 5. The summed E-state index contributed by atoms with van der Waals surface area (Å²) in [4.78, 5) is 4.53. The molecule has 8 nitrogen and oxygen atoms in total. The van der Waals surface area contributed by atoms with Gasteiger partial charge in [0, 0.05) is 18.5 Å². The number of hydrogen-bond acceptors (Lipinski definition) is 7. The lowest BCUT2D eigenvalue weighted by Crippen LogP contribution is -2.40. The lowest BCUT2D eigenvalue weighted by Gasteiger charge is -2.26. The van der Waals surface area contributed by atoms with Crippen molar-refractivity contribution in [3.63, 3.8) is 0 Å². The van der Waals surface area contributed by atoms with E-state index in [0.717, 1.165) is 0 Å². The van der Waals surface area contributed by atoms with E-state index in [0.29, 0.717) is 43.8 Å². The molecule has 1 aromatic carbocycles. The van der Waals surface area contributed by atoms with E-state index in [2.05, 4.69) is 10.1 Å². The maximum absolute atomic E-state index is 12.6. The van der Waals surface area contributed by atoms with Gasteiger partial charge in [-0.25, -0.2) is 8.42 Å². The van der Waals surface area contributed by atoms with Crippen molar-refractivity contribution < 1.29 is 22.4 Å². The SMILES string of the molecule is CC(C)(C)c1noc(COc2ccc(S(=O)(=O)N3CCOCC3)cc2)n1. The van der Waals surface area contributed by atoms with Gasteiger partial charge in [0.2, 0.25) is 10.0 Å². The Kier molecular flexibility index (Phi) is 5.31. The van der Waals surface area contributed by atoms with E-state index in [9.17, 15) is 8.42 Å². The predicted molar refractivity (Wildman–Crippen MR) is 93.3 cm³/mol. The van der Waals surface area contributed by atoms with Gasteiger partial charge in [0.25, 0.3) is 5.89 Å². The van der Waals surface area contributed by atoms with Crippen LogP contribution in [-0.2, 0) is 26.8 Å². The Morgan fingerprint density at radius 2 is 1.81 bits per heavy atom. The molecule has 3 rings (SSSR count). The van der Waals surface area contributed by atoms with Crippen LogP contribution in [0.2, 0.25) is 0 Å². The fraction of sp³-hybridized carbons (Fsp3) is 0.529. The van der Waals surface area contributed by atoms with Crippen LogP contribution in [0, 0.1) is 0 Å². The minimum absolute atomic E-state index is 0.124. The van der Waals surface area contributed by atoms with E-state index in [1.54, 1.807) is 12.1 Å². The Hall–Kier alpha value is -1.97. The molecule has 1 aliphatic rings. The molecule has 0 radical (unpaired) electrons. The van der Waals surface area contributed by atoms with Crippen molar-refractivity contribution in [1.82, 2.24) is 14.4 Å². The summed E-state index contributed by atoms with van der Waals surface area (Å²) in [6.45, 7) is 7.69. The highest BCUT2D eigenvalue weighted by molar-refractivity contribution is 7.89. The largest absolute Gasteiger partial charge is 0.484 e. The fourth-order valence-corrected chi connectivity index (χ4v) is 3.82.